The molecular formula is C17H23N7O3. The van der Waals surface area contributed by atoms with Crippen LogP contribution in [0.4, 0.5) is 0 Å². The fourth-order valence-electron chi connectivity index (χ4n) is 3.81. The first-order valence-corrected chi connectivity index (χ1v) is 9.11. The Labute approximate surface area is 156 Å². The average molecular weight is 373 g/mol. The summed E-state index contributed by atoms with van der Waals surface area (Å²) in [7, 11) is 3.57. The molecule has 10 heteroatoms. The number of likely N-dealkylation sites (tertiary alicyclic amines) is 1. The van der Waals surface area contributed by atoms with Gasteiger partial charge in [0, 0.05) is 45.7 Å². The van der Waals surface area contributed by atoms with Gasteiger partial charge < -0.3 is 19.5 Å². The van der Waals surface area contributed by atoms with Crippen LogP contribution in [0.5, 0.6) is 0 Å². The Morgan fingerprint density at radius 2 is 2.07 bits per heavy atom. The van der Waals surface area contributed by atoms with Crippen molar-refractivity contribution in [3.8, 4) is 0 Å². The Bertz CT molecular complexity index is 887. The van der Waals surface area contributed by atoms with Gasteiger partial charge in [-0.1, -0.05) is 0 Å². The monoisotopic (exact) mass is 373 g/mol. The third-order valence-corrected chi connectivity index (χ3v) is 5.43. The van der Waals surface area contributed by atoms with Crippen molar-refractivity contribution in [3.05, 3.63) is 29.1 Å². The molecule has 0 saturated carbocycles. The summed E-state index contributed by atoms with van der Waals surface area (Å²) >= 11 is 0. The lowest BCUT2D eigenvalue weighted by Crippen LogP contribution is -2.40. The van der Waals surface area contributed by atoms with Crippen molar-refractivity contribution in [1.82, 2.24) is 34.3 Å². The Morgan fingerprint density at radius 1 is 1.26 bits per heavy atom. The van der Waals surface area contributed by atoms with Crippen molar-refractivity contribution in [2.75, 3.05) is 26.7 Å². The molecule has 2 aliphatic rings. The standard InChI is InChI=1S/C17H23N7O3/c1-21-6-7-24-13(17(21)27)8-12(20-24)16(26)23-5-3-4-11(9-23)15-19-18-14(10-25)22(15)2/h8,11,25H,3-7,9-10H2,1-2H3. The lowest BCUT2D eigenvalue weighted by Gasteiger charge is -2.31. The molecule has 1 atom stereocenters. The minimum Gasteiger partial charge on any atom is -0.388 e. The van der Waals surface area contributed by atoms with E-state index in [1.165, 1.54) is 0 Å². The summed E-state index contributed by atoms with van der Waals surface area (Å²) in [6.45, 7) is 2.19. The molecular weight excluding hydrogens is 350 g/mol. The van der Waals surface area contributed by atoms with Gasteiger partial charge in [-0.3, -0.25) is 14.3 Å². The Hall–Kier alpha value is -2.75. The second-order valence-corrected chi connectivity index (χ2v) is 7.15. The van der Waals surface area contributed by atoms with Gasteiger partial charge in [0.15, 0.2) is 11.5 Å². The lowest BCUT2D eigenvalue weighted by atomic mass is 9.97. The maximum Gasteiger partial charge on any atom is 0.274 e. The van der Waals surface area contributed by atoms with E-state index in [2.05, 4.69) is 15.3 Å². The minimum atomic E-state index is -0.165. The van der Waals surface area contributed by atoms with E-state index in [0.717, 1.165) is 18.7 Å². The van der Waals surface area contributed by atoms with Crippen molar-refractivity contribution >= 4 is 11.8 Å². The van der Waals surface area contributed by atoms with Gasteiger partial charge in [0.1, 0.15) is 18.1 Å². The van der Waals surface area contributed by atoms with E-state index in [4.69, 9.17) is 0 Å². The molecule has 1 saturated heterocycles. The topological polar surface area (TPSA) is 109 Å². The van der Waals surface area contributed by atoms with Crippen LogP contribution in [0.1, 0.15) is 51.4 Å². The summed E-state index contributed by atoms with van der Waals surface area (Å²) in [4.78, 5) is 28.6. The zero-order valence-electron chi connectivity index (χ0n) is 15.5. The van der Waals surface area contributed by atoms with E-state index in [1.807, 2.05) is 7.05 Å². The molecule has 1 fully saturated rings. The van der Waals surface area contributed by atoms with Gasteiger partial charge >= 0.3 is 0 Å². The Balaban J connectivity index is 1.53. The second-order valence-electron chi connectivity index (χ2n) is 7.15. The molecule has 2 aromatic rings. The minimum absolute atomic E-state index is 0.0607. The van der Waals surface area contributed by atoms with Crippen molar-refractivity contribution < 1.29 is 14.7 Å². The smallest absolute Gasteiger partial charge is 0.274 e. The second kappa shape index (κ2) is 6.76. The van der Waals surface area contributed by atoms with Gasteiger partial charge in [-0.05, 0) is 12.8 Å². The number of carbonyl (C=O) groups excluding carboxylic acids is 2. The molecule has 2 amide bonds. The van der Waals surface area contributed by atoms with Crippen LogP contribution < -0.4 is 0 Å². The number of hydrogen-bond donors (Lipinski definition) is 1. The third-order valence-electron chi connectivity index (χ3n) is 5.43. The summed E-state index contributed by atoms with van der Waals surface area (Å²) in [5.41, 5.74) is 0.768. The van der Waals surface area contributed by atoms with Crippen LogP contribution in [0, 0.1) is 0 Å². The lowest BCUT2D eigenvalue weighted by molar-refractivity contribution is 0.0693. The summed E-state index contributed by atoms with van der Waals surface area (Å²) in [6, 6.07) is 1.59. The predicted molar refractivity (Wildman–Crippen MR) is 94.0 cm³/mol. The number of likely N-dealkylation sites (N-methyl/N-ethyl adjacent to an activating group) is 1. The summed E-state index contributed by atoms with van der Waals surface area (Å²) in [6.07, 6.45) is 1.76. The van der Waals surface area contributed by atoms with E-state index in [1.54, 1.807) is 32.2 Å². The number of amides is 2. The predicted octanol–water partition coefficient (Wildman–Crippen LogP) is -0.391. The number of fused-ring (bicyclic) bond motifs is 1. The molecule has 2 aromatic heterocycles. The number of piperidine rings is 1. The van der Waals surface area contributed by atoms with Crippen molar-refractivity contribution in [1.29, 1.82) is 0 Å². The van der Waals surface area contributed by atoms with Gasteiger partial charge in [-0.2, -0.15) is 5.10 Å². The van der Waals surface area contributed by atoms with E-state index in [0.29, 0.717) is 43.4 Å². The average Bonchev–Trinajstić information content (AvgIpc) is 3.28. The highest BCUT2D eigenvalue weighted by atomic mass is 16.3. The fraction of sp³-hybridized carbons (Fsp3) is 0.588. The van der Waals surface area contributed by atoms with Crippen LogP contribution in [0.2, 0.25) is 0 Å². The summed E-state index contributed by atoms with van der Waals surface area (Å²) in [5.74, 6) is 1.07. The number of aromatic nitrogens is 5. The molecule has 1 N–H and O–H groups in total. The van der Waals surface area contributed by atoms with Crippen molar-refractivity contribution in [3.63, 3.8) is 0 Å². The summed E-state index contributed by atoms with van der Waals surface area (Å²) < 4.78 is 3.41. The highest BCUT2D eigenvalue weighted by Gasteiger charge is 2.32. The number of hydrogen-bond acceptors (Lipinski definition) is 6. The molecule has 4 heterocycles. The van der Waals surface area contributed by atoms with Gasteiger partial charge in [0.25, 0.3) is 11.8 Å². The largest absolute Gasteiger partial charge is 0.388 e. The highest BCUT2D eigenvalue weighted by molar-refractivity contribution is 5.98. The molecule has 1 unspecified atom stereocenters. The van der Waals surface area contributed by atoms with Gasteiger partial charge in [-0.25, -0.2) is 0 Å². The van der Waals surface area contributed by atoms with Crippen LogP contribution >= 0.6 is 0 Å². The number of carbonyl (C=O) groups is 2. The number of aliphatic hydroxyl groups excluding tert-OH is 1. The van der Waals surface area contributed by atoms with Crippen molar-refractivity contribution in [2.24, 2.45) is 7.05 Å². The van der Waals surface area contributed by atoms with Crippen LogP contribution in [0.15, 0.2) is 6.07 Å². The van der Waals surface area contributed by atoms with Crippen LogP contribution in [-0.4, -0.2) is 77.9 Å². The first-order chi connectivity index (χ1) is 13.0. The molecule has 0 aromatic carbocycles. The van der Waals surface area contributed by atoms with Crippen LogP contribution in [-0.2, 0) is 20.2 Å². The molecule has 2 aliphatic heterocycles. The summed E-state index contributed by atoms with van der Waals surface area (Å²) in [5, 5.41) is 21.9. The number of rotatable bonds is 3. The SMILES string of the molecule is CN1CCn2nc(C(=O)N3CCCC(c4nnc(CO)n4C)C3)cc2C1=O. The zero-order chi connectivity index (χ0) is 19.1. The molecule has 144 valence electrons. The normalized spacial score (nSPS) is 20.1. The van der Waals surface area contributed by atoms with E-state index in [-0.39, 0.29) is 24.3 Å². The third kappa shape index (κ3) is 2.99. The van der Waals surface area contributed by atoms with E-state index >= 15 is 0 Å². The first-order valence-electron chi connectivity index (χ1n) is 9.11. The molecule has 0 bridgehead atoms. The fourth-order valence-corrected chi connectivity index (χ4v) is 3.81. The number of nitrogens with zero attached hydrogens (tertiary/aromatic N) is 7. The zero-order valence-corrected chi connectivity index (χ0v) is 15.5. The van der Waals surface area contributed by atoms with Crippen molar-refractivity contribution in [2.45, 2.75) is 31.9 Å². The number of aliphatic hydroxyl groups is 1. The maximum absolute atomic E-state index is 13.0. The maximum atomic E-state index is 13.0. The molecule has 0 spiro atoms. The molecule has 0 aliphatic carbocycles. The molecule has 4 rings (SSSR count). The van der Waals surface area contributed by atoms with Gasteiger partial charge in [-0.15, -0.1) is 10.2 Å². The molecule has 27 heavy (non-hydrogen) atoms. The first kappa shape index (κ1) is 17.7. The van der Waals surface area contributed by atoms with Gasteiger partial charge in [0.2, 0.25) is 0 Å². The quantitative estimate of drug-likeness (QED) is 0.785. The van der Waals surface area contributed by atoms with E-state index in [9.17, 15) is 14.7 Å². The van der Waals surface area contributed by atoms with E-state index < -0.39 is 0 Å². The van der Waals surface area contributed by atoms with Gasteiger partial charge in [0.05, 0.1) is 6.54 Å². The molecule has 10 nitrogen and oxygen atoms in total. The molecule has 0 radical (unpaired) electrons. The van der Waals surface area contributed by atoms with Crippen LogP contribution in [0.3, 0.4) is 0 Å². The van der Waals surface area contributed by atoms with Crippen LogP contribution in [0.25, 0.3) is 0 Å². The Morgan fingerprint density at radius 3 is 2.81 bits per heavy atom. The Kier molecular flexibility index (Phi) is 4.42. The highest BCUT2D eigenvalue weighted by Crippen LogP contribution is 2.27.